The van der Waals surface area contributed by atoms with Crippen molar-refractivity contribution in [3.63, 3.8) is 0 Å². The van der Waals surface area contributed by atoms with Crippen LogP contribution in [0, 0.1) is 5.82 Å². The van der Waals surface area contributed by atoms with Gasteiger partial charge < -0.3 is 0 Å². The Morgan fingerprint density at radius 3 is 2.50 bits per heavy atom. The van der Waals surface area contributed by atoms with Crippen LogP contribution in [0.5, 0.6) is 0 Å². The molecule has 4 heteroatoms. The van der Waals surface area contributed by atoms with Gasteiger partial charge in [-0.1, -0.05) is 46.3 Å². The Labute approximate surface area is 123 Å². The van der Waals surface area contributed by atoms with Gasteiger partial charge in [-0.3, -0.25) is 9.36 Å². The van der Waals surface area contributed by atoms with Crippen molar-refractivity contribution in [1.29, 1.82) is 0 Å². The molecular formula is C16H11BrFNO. The SMILES string of the molecule is O=c1c(CBr)cc2cccc(F)c2n1-c1ccccc1. The van der Waals surface area contributed by atoms with Crippen molar-refractivity contribution in [2.24, 2.45) is 0 Å². The van der Waals surface area contributed by atoms with E-state index in [1.807, 2.05) is 24.3 Å². The molecule has 0 radical (unpaired) electrons. The maximum Gasteiger partial charge on any atom is 0.259 e. The molecule has 0 aliphatic heterocycles. The largest absolute Gasteiger partial charge is 0.274 e. The van der Waals surface area contributed by atoms with Gasteiger partial charge in [-0.2, -0.15) is 0 Å². The molecule has 1 heterocycles. The second-order valence-corrected chi connectivity index (χ2v) is 5.02. The first-order valence-electron chi connectivity index (χ1n) is 6.17. The molecule has 0 amide bonds. The molecule has 0 saturated carbocycles. The van der Waals surface area contributed by atoms with Gasteiger partial charge in [-0.15, -0.1) is 0 Å². The van der Waals surface area contributed by atoms with E-state index in [-0.39, 0.29) is 5.56 Å². The molecule has 3 rings (SSSR count). The summed E-state index contributed by atoms with van der Waals surface area (Å²) in [4.78, 5) is 12.5. The van der Waals surface area contributed by atoms with Gasteiger partial charge in [0.2, 0.25) is 0 Å². The van der Waals surface area contributed by atoms with Crippen molar-refractivity contribution in [2.75, 3.05) is 0 Å². The maximum absolute atomic E-state index is 14.2. The Kier molecular flexibility index (Phi) is 3.40. The summed E-state index contributed by atoms with van der Waals surface area (Å²) < 4.78 is 15.6. The van der Waals surface area contributed by atoms with E-state index in [4.69, 9.17) is 0 Å². The van der Waals surface area contributed by atoms with Gasteiger partial charge in [0.25, 0.3) is 5.56 Å². The zero-order valence-electron chi connectivity index (χ0n) is 10.5. The monoisotopic (exact) mass is 331 g/mol. The summed E-state index contributed by atoms with van der Waals surface area (Å²) in [7, 11) is 0. The number of rotatable bonds is 2. The Bertz CT molecular complexity index is 827. The van der Waals surface area contributed by atoms with Crippen molar-refractivity contribution >= 4 is 26.8 Å². The van der Waals surface area contributed by atoms with Gasteiger partial charge in [-0.05, 0) is 24.3 Å². The van der Waals surface area contributed by atoms with Crippen LogP contribution in [0.25, 0.3) is 16.6 Å². The minimum atomic E-state index is -0.399. The lowest BCUT2D eigenvalue weighted by molar-refractivity contribution is 0.633. The zero-order chi connectivity index (χ0) is 14.1. The van der Waals surface area contributed by atoms with E-state index in [1.165, 1.54) is 10.6 Å². The van der Waals surface area contributed by atoms with Crippen molar-refractivity contribution in [3.8, 4) is 5.69 Å². The average Bonchev–Trinajstić information content (AvgIpc) is 2.48. The van der Waals surface area contributed by atoms with E-state index < -0.39 is 5.82 Å². The van der Waals surface area contributed by atoms with Gasteiger partial charge in [0.1, 0.15) is 5.82 Å². The molecule has 0 unspecified atom stereocenters. The molecule has 0 bridgehead atoms. The molecular weight excluding hydrogens is 321 g/mol. The molecule has 2 nitrogen and oxygen atoms in total. The van der Waals surface area contributed by atoms with Gasteiger partial charge in [0.15, 0.2) is 0 Å². The fourth-order valence-corrected chi connectivity index (χ4v) is 2.70. The number of alkyl halides is 1. The number of hydrogen-bond donors (Lipinski definition) is 0. The van der Waals surface area contributed by atoms with Crippen LogP contribution in [0.1, 0.15) is 5.56 Å². The number of nitrogens with zero attached hydrogens (tertiary/aromatic N) is 1. The summed E-state index contributed by atoms with van der Waals surface area (Å²) in [5.74, 6) is -0.399. The minimum Gasteiger partial charge on any atom is -0.274 e. The number of fused-ring (bicyclic) bond motifs is 1. The summed E-state index contributed by atoms with van der Waals surface area (Å²) in [5.41, 5.74) is 1.38. The van der Waals surface area contributed by atoms with Gasteiger partial charge in [-0.25, -0.2) is 4.39 Å². The summed E-state index contributed by atoms with van der Waals surface area (Å²) >= 11 is 3.31. The maximum atomic E-state index is 14.2. The Morgan fingerprint density at radius 2 is 1.80 bits per heavy atom. The molecule has 0 N–H and O–H groups in total. The first kappa shape index (κ1) is 13.1. The molecule has 0 atom stereocenters. The van der Waals surface area contributed by atoms with Crippen LogP contribution in [0.15, 0.2) is 59.4 Å². The Balaban J connectivity index is 2.51. The lowest BCUT2D eigenvalue weighted by atomic mass is 10.1. The van der Waals surface area contributed by atoms with Gasteiger partial charge >= 0.3 is 0 Å². The first-order chi connectivity index (χ1) is 9.72. The van der Waals surface area contributed by atoms with Crippen LogP contribution in [0.4, 0.5) is 4.39 Å². The van der Waals surface area contributed by atoms with Gasteiger partial charge in [0, 0.05) is 22.0 Å². The molecule has 100 valence electrons. The summed E-state index contributed by atoms with van der Waals surface area (Å²) in [6, 6.07) is 15.7. The van der Waals surface area contributed by atoms with E-state index in [2.05, 4.69) is 15.9 Å². The molecule has 1 aromatic heterocycles. The number of para-hydroxylation sites is 2. The molecule has 0 fully saturated rings. The lowest BCUT2D eigenvalue weighted by Gasteiger charge is -2.12. The second kappa shape index (κ2) is 5.21. The van der Waals surface area contributed by atoms with E-state index in [9.17, 15) is 9.18 Å². The summed E-state index contributed by atoms with van der Waals surface area (Å²) in [6.07, 6.45) is 0. The molecule has 0 saturated heterocycles. The predicted molar refractivity (Wildman–Crippen MR) is 82.1 cm³/mol. The van der Waals surface area contributed by atoms with Crippen LogP contribution < -0.4 is 5.56 Å². The van der Waals surface area contributed by atoms with Crippen LogP contribution in [-0.4, -0.2) is 4.57 Å². The van der Waals surface area contributed by atoms with Crippen molar-refractivity contribution < 1.29 is 4.39 Å². The minimum absolute atomic E-state index is 0.203. The molecule has 3 aromatic rings. The van der Waals surface area contributed by atoms with Crippen LogP contribution in [-0.2, 0) is 5.33 Å². The average molecular weight is 332 g/mol. The van der Waals surface area contributed by atoms with E-state index >= 15 is 0 Å². The fourth-order valence-electron chi connectivity index (χ4n) is 2.30. The molecule has 0 spiro atoms. The van der Waals surface area contributed by atoms with Crippen LogP contribution in [0.3, 0.4) is 0 Å². The third kappa shape index (κ3) is 2.06. The highest BCUT2D eigenvalue weighted by molar-refractivity contribution is 9.08. The Morgan fingerprint density at radius 1 is 1.05 bits per heavy atom. The third-order valence-electron chi connectivity index (χ3n) is 3.21. The number of aromatic nitrogens is 1. The van der Waals surface area contributed by atoms with E-state index in [0.29, 0.717) is 27.5 Å². The van der Waals surface area contributed by atoms with Crippen molar-refractivity contribution in [3.05, 3.63) is 76.3 Å². The van der Waals surface area contributed by atoms with Crippen molar-refractivity contribution in [1.82, 2.24) is 4.57 Å². The predicted octanol–water partition coefficient (Wildman–Crippen LogP) is 4.02. The van der Waals surface area contributed by atoms with Gasteiger partial charge in [0.05, 0.1) is 5.52 Å². The fraction of sp³-hybridized carbons (Fsp3) is 0.0625. The highest BCUT2D eigenvalue weighted by atomic mass is 79.9. The van der Waals surface area contributed by atoms with E-state index in [1.54, 1.807) is 24.3 Å². The molecule has 0 aliphatic carbocycles. The van der Waals surface area contributed by atoms with Crippen LogP contribution >= 0.6 is 15.9 Å². The highest BCUT2D eigenvalue weighted by Crippen LogP contribution is 2.21. The molecule has 2 aromatic carbocycles. The Hall–Kier alpha value is -1.94. The quantitative estimate of drug-likeness (QED) is 0.650. The topological polar surface area (TPSA) is 22.0 Å². The first-order valence-corrected chi connectivity index (χ1v) is 7.29. The number of halogens is 2. The molecule has 20 heavy (non-hydrogen) atoms. The number of hydrogen-bond acceptors (Lipinski definition) is 1. The standard InChI is InChI=1S/C16H11BrFNO/c17-10-12-9-11-5-4-8-14(18)15(11)19(16(12)20)13-6-2-1-3-7-13/h1-9H,10H2. The zero-order valence-corrected chi connectivity index (χ0v) is 12.1. The summed E-state index contributed by atoms with van der Waals surface area (Å²) in [5, 5.41) is 1.15. The smallest absolute Gasteiger partial charge is 0.259 e. The highest BCUT2D eigenvalue weighted by Gasteiger charge is 2.13. The normalized spacial score (nSPS) is 10.9. The summed E-state index contributed by atoms with van der Waals surface area (Å²) in [6.45, 7) is 0. The number of pyridine rings is 1. The van der Waals surface area contributed by atoms with E-state index in [0.717, 1.165) is 0 Å². The molecule has 0 aliphatic rings. The lowest BCUT2D eigenvalue weighted by Crippen LogP contribution is -2.22. The van der Waals surface area contributed by atoms with Crippen molar-refractivity contribution in [2.45, 2.75) is 5.33 Å². The third-order valence-corrected chi connectivity index (χ3v) is 3.81. The van der Waals surface area contributed by atoms with Crippen LogP contribution in [0.2, 0.25) is 0 Å². The number of benzene rings is 2. The second-order valence-electron chi connectivity index (χ2n) is 4.46.